The number of primary amides is 1. The molecule has 4 aromatic rings. The van der Waals surface area contributed by atoms with Crippen molar-refractivity contribution in [3.05, 3.63) is 78.9 Å². The Balaban J connectivity index is 1.63. The number of benzene rings is 1. The van der Waals surface area contributed by atoms with Crippen molar-refractivity contribution in [2.45, 2.75) is 0 Å². The van der Waals surface area contributed by atoms with Crippen LogP contribution in [0, 0.1) is 0 Å². The van der Waals surface area contributed by atoms with Gasteiger partial charge in [0.15, 0.2) is 0 Å². The third-order valence-corrected chi connectivity index (χ3v) is 5.07. The first-order valence-electron chi connectivity index (χ1n) is 10.4. The number of likely N-dealkylation sites (N-methyl/N-ethyl adjacent to an activating group) is 1. The number of H-pyrrole nitrogens is 1. The number of fused-ring (bicyclic) bond motifs is 1. The molecule has 8 heteroatoms. The summed E-state index contributed by atoms with van der Waals surface area (Å²) in [5.41, 5.74) is 10.6. The van der Waals surface area contributed by atoms with Gasteiger partial charge in [0, 0.05) is 65.2 Å². The fraction of sp³-hybridized carbons (Fsp3) is 0.120. The molecule has 0 bridgehead atoms. The average Bonchev–Trinajstić information content (AvgIpc) is 3.22. The number of nitrogens with two attached hydrogens (primary N) is 1. The van der Waals surface area contributed by atoms with E-state index < -0.39 is 5.91 Å². The molecule has 0 aliphatic heterocycles. The number of hydrogen-bond acceptors (Lipinski definition) is 5. The van der Waals surface area contributed by atoms with Crippen molar-refractivity contribution < 1.29 is 9.59 Å². The first-order valence-corrected chi connectivity index (χ1v) is 10.4. The van der Waals surface area contributed by atoms with Gasteiger partial charge in [-0.2, -0.15) is 0 Å². The van der Waals surface area contributed by atoms with Crippen molar-refractivity contribution in [2.24, 2.45) is 5.73 Å². The molecule has 0 unspecified atom stereocenters. The Morgan fingerprint density at radius 1 is 1.09 bits per heavy atom. The molecule has 4 N–H and O–H groups in total. The van der Waals surface area contributed by atoms with Crippen LogP contribution in [0.3, 0.4) is 0 Å². The van der Waals surface area contributed by atoms with E-state index in [-0.39, 0.29) is 5.91 Å². The predicted molar refractivity (Wildman–Crippen MR) is 130 cm³/mol. The molecular formula is C25H24N6O2. The Labute approximate surface area is 191 Å². The van der Waals surface area contributed by atoms with Gasteiger partial charge in [-0.05, 0) is 43.9 Å². The summed E-state index contributed by atoms with van der Waals surface area (Å²) in [5, 5.41) is 3.78. The predicted octanol–water partition coefficient (Wildman–Crippen LogP) is 3.45. The van der Waals surface area contributed by atoms with E-state index in [2.05, 4.69) is 20.3 Å². The van der Waals surface area contributed by atoms with Crippen LogP contribution in [0.2, 0.25) is 0 Å². The molecule has 0 saturated carbocycles. The maximum Gasteiger partial charge on any atom is 0.250 e. The Morgan fingerprint density at radius 3 is 2.73 bits per heavy atom. The van der Waals surface area contributed by atoms with Crippen LogP contribution in [-0.2, 0) is 4.79 Å². The molecule has 2 amide bonds. The zero-order valence-electron chi connectivity index (χ0n) is 18.4. The summed E-state index contributed by atoms with van der Waals surface area (Å²) < 4.78 is 0. The van der Waals surface area contributed by atoms with Crippen LogP contribution < -0.4 is 11.1 Å². The van der Waals surface area contributed by atoms with Crippen LogP contribution in [0.15, 0.2) is 73.3 Å². The first-order chi connectivity index (χ1) is 15.9. The maximum atomic E-state index is 12.2. The summed E-state index contributed by atoms with van der Waals surface area (Å²) in [6.45, 7) is 0.690. The minimum atomic E-state index is -0.529. The summed E-state index contributed by atoms with van der Waals surface area (Å²) in [4.78, 5) is 37.5. The minimum absolute atomic E-state index is 0.183. The van der Waals surface area contributed by atoms with Crippen LogP contribution in [0.4, 0.5) is 5.69 Å². The van der Waals surface area contributed by atoms with Crippen LogP contribution >= 0.6 is 0 Å². The molecule has 0 radical (unpaired) electrons. The molecule has 33 heavy (non-hydrogen) atoms. The van der Waals surface area contributed by atoms with E-state index in [1.54, 1.807) is 18.5 Å². The van der Waals surface area contributed by atoms with Gasteiger partial charge in [-0.1, -0.05) is 18.2 Å². The molecule has 0 aliphatic rings. The van der Waals surface area contributed by atoms with Crippen molar-refractivity contribution in [1.82, 2.24) is 19.9 Å². The van der Waals surface area contributed by atoms with Crippen LogP contribution in [-0.4, -0.2) is 52.3 Å². The van der Waals surface area contributed by atoms with E-state index in [9.17, 15) is 9.59 Å². The molecule has 0 fully saturated rings. The van der Waals surface area contributed by atoms with Gasteiger partial charge >= 0.3 is 0 Å². The normalized spacial score (nSPS) is 11.4. The SMILES string of the molecule is CN(C)C/C=C/C(=O)Nc1cccc(-c2cnc3[nH]cc(-c4cncc(C(N)=O)c4)c3c2)c1. The van der Waals surface area contributed by atoms with Crippen LogP contribution in [0.5, 0.6) is 0 Å². The minimum Gasteiger partial charge on any atom is -0.366 e. The number of nitrogens with one attached hydrogen (secondary N) is 2. The van der Waals surface area contributed by atoms with Gasteiger partial charge in [0.2, 0.25) is 11.8 Å². The molecule has 0 aliphatic carbocycles. The fourth-order valence-corrected chi connectivity index (χ4v) is 3.45. The van der Waals surface area contributed by atoms with E-state index in [0.29, 0.717) is 23.4 Å². The van der Waals surface area contributed by atoms with Gasteiger partial charge in [0.05, 0.1) is 5.56 Å². The molecule has 0 spiro atoms. The van der Waals surface area contributed by atoms with Crippen molar-refractivity contribution in [1.29, 1.82) is 0 Å². The number of aromatic nitrogens is 3. The molecule has 166 valence electrons. The largest absolute Gasteiger partial charge is 0.366 e. The highest BCUT2D eigenvalue weighted by Crippen LogP contribution is 2.31. The van der Waals surface area contributed by atoms with Crippen molar-refractivity contribution >= 4 is 28.5 Å². The lowest BCUT2D eigenvalue weighted by Crippen LogP contribution is -2.12. The fourth-order valence-electron chi connectivity index (χ4n) is 3.45. The second-order valence-corrected chi connectivity index (χ2v) is 7.88. The molecule has 3 aromatic heterocycles. The zero-order valence-corrected chi connectivity index (χ0v) is 18.4. The van der Waals surface area contributed by atoms with Crippen molar-refractivity contribution in [3.63, 3.8) is 0 Å². The molecule has 0 saturated heterocycles. The highest BCUT2D eigenvalue weighted by atomic mass is 16.1. The molecule has 1 aromatic carbocycles. The quantitative estimate of drug-likeness (QED) is 0.381. The lowest BCUT2D eigenvalue weighted by Gasteiger charge is -2.08. The zero-order chi connectivity index (χ0) is 23.4. The molecule has 8 nitrogen and oxygen atoms in total. The van der Waals surface area contributed by atoms with E-state index in [4.69, 9.17) is 5.73 Å². The molecular weight excluding hydrogens is 416 g/mol. The summed E-state index contributed by atoms with van der Waals surface area (Å²) >= 11 is 0. The molecule has 0 atom stereocenters. The monoisotopic (exact) mass is 440 g/mol. The Morgan fingerprint density at radius 2 is 1.94 bits per heavy atom. The lowest BCUT2D eigenvalue weighted by molar-refractivity contribution is -0.111. The van der Waals surface area contributed by atoms with Gasteiger partial charge < -0.3 is 20.9 Å². The van der Waals surface area contributed by atoms with Crippen molar-refractivity contribution in [2.75, 3.05) is 26.0 Å². The Kier molecular flexibility index (Phi) is 6.28. The first kappa shape index (κ1) is 21.9. The highest BCUT2D eigenvalue weighted by molar-refractivity contribution is 6.00. The van der Waals surface area contributed by atoms with Gasteiger partial charge in [-0.3, -0.25) is 14.6 Å². The number of pyridine rings is 2. The third-order valence-electron chi connectivity index (χ3n) is 5.07. The smallest absolute Gasteiger partial charge is 0.250 e. The van der Waals surface area contributed by atoms with Gasteiger partial charge in [-0.15, -0.1) is 0 Å². The summed E-state index contributed by atoms with van der Waals surface area (Å²) in [6, 6.07) is 11.3. The van der Waals surface area contributed by atoms with E-state index in [0.717, 1.165) is 27.6 Å². The second-order valence-electron chi connectivity index (χ2n) is 7.88. The molecule has 3 heterocycles. The Bertz CT molecular complexity index is 1360. The van der Waals surface area contributed by atoms with Crippen LogP contribution in [0.1, 0.15) is 10.4 Å². The second kappa shape index (κ2) is 9.46. The maximum absolute atomic E-state index is 12.2. The number of carbonyl (C=O) groups excluding carboxylic acids is 2. The highest BCUT2D eigenvalue weighted by Gasteiger charge is 2.12. The topological polar surface area (TPSA) is 117 Å². The number of rotatable bonds is 7. The number of nitrogens with zero attached hydrogens (tertiary/aromatic N) is 3. The summed E-state index contributed by atoms with van der Waals surface area (Å²) in [5.74, 6) is -0.712. The van der Waals surface area contributed by atoms with Gasteiger partial charge in [0.25, 0.3) is 0 Å². The van der Waals surface area contributed by atoms with E-state index >= 15 is 0 Å². The summed E-state index contributed by atoms with van der Waals surface area (Å²) in [6.07, 6.45) is 10.1. The van der Waals surface area contributed by atoms with Gasteiger partial charge in [0.1, 0.15) is 5.65 Å². The van der Waals surface area contributed by atoms with Crippen molar-refractivity contribution in [3.8, 4) is 22.3 Å². The number of carbonyl (C=O) groups is 2. The molecule has 4 rings (SSSR count). The summed E-state index contributed by atoms with van der Waals surface area (Å²) in [7, 11) is 3.88. The average molecular weight is 441 g/mol. The third kappa shape index (κ3) is 5.13. The standard InChI is InChI=1S/C25H24N6O2/c1-31(2)8-4-7-23(32)30-20-6-3-5-16(10-20)17-11-21-22(15-29-25(21)28-14-17)18-9-19(24(26)33)13-27-12-18/h3-7,9-15H,8H2,1-2H3,(H2,26,33)(H,28,29)(H,30,32)/b7-4+. The number of amides is 2. The number of anilines is 1. The van der Waals surface area contributed by atoms with E-state index in [1.807, 2.05) is 61.6 Å². The van der Waals surface area contributed by atoms with E-state index in [1.165, 1.54) is 12.3 Å². The number of hydrogen-bond donors (Lipinski definition) is 3. The van der Waals surface area contributed by atoms with Crippen LogP contribution in [0.25, 0.3) is 33.3 Å². The number of aromatic amines is 1. The van der Waals surface area contributed by atoms with Gasteiger partial charge in [-0.25, -0.2) is 4.98 Å². The lowest BCUT2D eigenvalue weighted by atomic mass is 10.0. The Hall–Kier alpha value is -4.30.